The molecule has 0 aliphatic rings. The first kappa shape index (κ1) is 16.0. The van der Waals surface area contributed by atoms with Crippen LogP contribution in [0.1, 0.15) is 20.8 Å². The highest BCUT2D eigenvalue weighted by Gasteiger charge is 2.15. The van der Waals surface area contributed by atoms with E-state index in [-0.39, 0.29) is 22.6 Å². The molecular weight excluding hydrogens is 298 g/mol. The summed E-state index contributed by atoms with van der Waals surface area (Å²) in [7, 11) is 1.25. The summed E-state index contributed by atoms with van der Waals surface area (Å²) in [6, 6.07) is 11.1. The Bertz CT molecular complexity index is 770. The number of benzene rings is 1. The van der Waals surface area contributed by atoms with Crippen LogP contribution in [-0.4, -0.2) is 29.0 Å². The van der Waals surface area contributed by atoms with Crippen LogP contribution in [0, 0.1) is 0 Å². The van der Waals surface area contributed by atoms with E-state index in [4.69, 9.17) is 0 Å². The zero-order valence-corrected chi connectivity index (χ0v) is 12.2. The van der Waals surface area contributed by atoms with Gasteiger partial charge in [-0.2, -0.15) is 0 Å². The molecule has 1 N–H and O–H groups in total. The highest BCUT2D eigenvalue weighted by atomic mass is 16.5. The summed E-state index contributed by atoms with van der Waals surface area (Å²) < 4.78 is 4.65. The van der Waals surface area contributed by atoms with E-state index < -0.39 is 11.8 Å². The van der Waals surface area contributed by atoms with Crippen molar-refractivity contribution in [2.75, 3.05) is 7.11 Å². The van der Waals surface area contributed by atoms with Gasteiger partial charge >= 0.3 is 5.97 Å². The minimum atomic E-state index is -0.590. The largest absolute Gasteiger partial charge is 0.513 e. The fourth-order valence-electron chi connectivity index (χ4n) is 1.71. The number of aromatic nitrogens is 1. The maximum absolute atomic E-state index is 12.1. The molecule has 1 heterocycles. The van der Waals surface area contributed by atoms with Crippen molar-refractivity contribution in [3.63, 3.8) is 0 Å². The number of ether oxygens (including phenoxy) is 1. The van der Waals surface area contributed by atoms with Crippen LogP contribution in [0.15, 0.2) is 70.8 Å². The third-order valence-corrected chi connectivity index (χ3v) is 2.83. The van der Waals surface area contributed by atoms with Crippen molar-refractivity contribution < 1.29 is 19.4 Å². The molecule has 7 heteroatoms. The van der Waals surface area contributed by atoms with Gasteiger partial charge in [-0.05, 0) is 24.3 Å². The number of rotatable bonds is 5. The number of hydrogen-bond donors (Lipinski definition) is 1. The molecule has 0 amide bonds. The number of allylic oxidation sites excluding steroid dienone is 1. The molecule has 1 aromatic carbocycles. The minimum absolute atomic E-state index is 0.119. The van der Waals surface area contributed by atoms with Crippen molar-refractivity contribution in [1.29, 1.82) is 0 Å². The Balaban J connectivity index is 2.28. The van der Waals surface area contributed by atoms with Gasteiger partial charge < -0.3 is 9.84 Å². The summed E-state index contributed by atoms with van der Waals surface area (Å²) in [5, 5.41) is 16.7. The molecular formula is C16H13N3O4. The number of esters is 1. The number of pyridine rings is 1. The molecule has 0 radical (unpaired) electrons. The van der Waals surface area contributed by atoms with E-state index in [1.807, 2.05) is 0 Å². The second kappa shape index (κ2) is 7.60. The number of azo groups is 1. The second-order valence-corrected chi connectivity index (χ2v) is 4.27. The molecule has 0 bridgehead atoms. The molecule has 23 heavy (non-hydrogen) atoms. The molecule has 0 unspecified atom stereocenters. The molecule has 0 spiro atoms. The first-order valence-corrected chi connectivity index (χ1v) is 6.56. The van der Waals surface area contributed by atoms with E-state index in [9.17, 15) is 14.7 Å². The lowest BCUT2D eigenvalue weighted by Crippen LogP contribution is -2.04. The smallest absolute Gasteiger partial charge is 0.340 e. The fraction of sp³-hybridized carbons (Fsp3) is 0.0625. The highest BCUT2D eigenvalue weighted by Crippen LogP contribution is 2.21. The molecule has 0 saturated heterocycles. The zero-order valence-electron chi connectivity index (χ0n) is 12.2. The van der Waals surface area contributed by atoms with E-state index in [0.29, 0.717) is 6.26 Å². The van der Waals surface area contributed by atoms with E-state index in [0.717, 1.165) is 0 Å². The van der Waals surface area contributed by atoms with Crippen LogP contribution in [-0.2, 0) is 4.74 Å². The van der Waals surface area contributed by atoms with Gasteiger partial charge in [0, 0.05) is 6.20 Å². The van der Waals surface area contributed by atoms with E-state index in [1.54, 1.807) is 24.3 Å². The maximum atomic E-state index is 12.1. The Hall–Kier alpha value is -3.35. The van der Waals surface area contributed by atoms with Gasteiger partial charge in [-0.3, -0.25) is 9.78 Å². The molecule has 1 aromatic heterocycles. The number of ketones is 1. The Morgan fingerprint density at radius 1 is 1.17 bits per heavy atom. The summed E-state index contributed by atoms with van der Waals surface area (Å²) in [4.78, 5) is 27.7. The molecule has 0 aliphatic heterocycles. The Kier molecular flexibility index (Phi) is 5.30. The van der Waals surface area contributed by atoms with Crippen molar-refractivity contribution in [1.82, 2.24) is 4.98 Å². The lowest BCUT2D eigenvalue weighted by atomic mass is 10.2. The summed E-state index contributed by atoms with van der Waals surface area (Å²) in [5.74, 6) is -1.17. The second-order valence-electron chi connectivity index (χ2n) is 4.27. The number of Topliss-reactive ketones (excluding diaryl/α,β-unsaturated/α-hetero) is 1. The lowest BCUT2D eigenvalue weighted by molar-refractivity contribution is 0.0601. The van der Waals surface area contributed by atoms with E-state index in [1.165, 1.54) is 31.5 Å². The van der Waals surface area contributed by atoms with E-state index >= 15 is 0 Å². The van der Waals surface area contributed by atoms with Gasteiger partial charge in [0.25, 0.3) is 0 Å². The first-order chi connectivity index (χ1) is 11.2. The van der Waals surface area contributed by atoms with Crippen LogP contribution in [0.5, 0.6) is 0 Å². The predicted octanol–water partition coefficient (Wildman–Crippen LogP) is 3.23. The Morgan fingerprint density at radius 2 is 1.91 bits per heavy atom. The van der Waals surface area contributed by atoms with Crippen molar-refractivity contribution in [3.05, 3.63) is 71.9 Å². The normalized spacial score (nSPS) is 11.4. The number of aliphatic hydroxyl groups excluding tert-OH is 1. The standard InChI is InChI=1S/C16H13N3O4/c1-23-16(22)11-6-2-3-7-12(11)18-19-14(10-20)15(21)13-8-4-5-9-17-13/h2-10,20H,1H3/b14-10+,19-18?. The zero-order chi connectivity index (χ0) is 16.7. The Labute approximate surface area is 132 Å². The maximum Gasteiger partial charge on any atom is 0.340 e. The van der Waals surface area contributed by atoms with Gasteiger partial charge in [0.2, 0.25) is 5.78 Å². The number of methoxy groups -OCH3 is 1. The number of hydrogen-bond acceptors (Lipinski definition) is 7. The highest BCUT2D eigenvalue weighted by molar-refractivity contribution is 6.06. The number of carbonyl (C=O) groups is 2. The van der Waals surface area contributed by atoms with E-state index in [2.05, 4.69) is 19.9 Å². The van der Waals surface area contributed by atoms with Crippen LogP contribution in [0.4, 0.5) is 5.69 Å². The van der Waals surface area contributed by atoms with Gasteiger partial charge in [-0.1, -0.05) is 18.2 Å². The summed E-state index contributed by atoms with van der Waals surface area (Å²) >= 11 is 0. The predicted molar refractivity (Wildman–Crippen MR) is 81.6 cm³/mol. The monoisotopic (exact) mass is 311 g/mol. The quantitative estimate of drug-likeness (QED) is 0.300. The Morgan fingerprint density at radius 3 is 2.57 bits per heavy atom. The minimum Gasteiger partial charge on any atom is -0.513 e. The lowest BCUT2D eigenvalue weighted by Gasteiger charge is -2.02. The molecule has 2 aromatic rings. The van der Waals surface area contributed by atoms with Gasteiger partial charge in [0.15, 0.2) is 5.70 Å². The average Bonchev–Trinajstić information content (AvgIpc) is 2.62. The molecule has 0 aliphatic carbocycles. The summed E-state index contributed by atoms with van der Waals surface area (Å²) in [6.07, 6.45) is 1.99. The molecule has 2 rings (SSSR count). The molecule has 0 fully saturated rings. The van der Waals surface area contributed by atoms with Crippen LogP contribution in [0.2, 0.25) is 0 Å². The summed E-state index contributed by atoms with van der Waals surface area (Å²) in [6.45, 7) is 0. The van der Waals surface area contributed by atoms with Crippen LogP contribution < -0.4 is 0 Å². The summed E-state index contributed by atoms with van der Waals surface area (Å²) in [5.41, 5.74) is 0.227. The van der Waals surface area contributed by atoms with Crippen LogP contribution in [0.3, 0.4) is 0 Å². The van der Waals surface area contributed by atoms with Crippen molar-refractivity contribution in [2.24, 2.45) is 10.2 Å². The SMILES string of the molecule is COC(=O)c1ccccc1N=N/C(=C/O)C(=O)c1ccccn1. The third-order valence-electron chi connectivity index (χ3n) is 2.83. The molecule has 0 saturated carbocycles. The average molecular weight is 311 g/mol. The molecule has 7 nitrogen and oxygen atoms in total. The van der Waals surface area contributed by atoms with Crippen LogP contribution in [0.25, 0.3) is 0 Å². The van der Waals surface area contributed by atoms with Gasteiger partial charge in [0.05, 0.1) is 12.7 Å². The van der Waals surface area contributed by atoms with Gasteiger partial charge in [-0.15, -0.1) is 10.2 Å². The van der Waals surface area contributed by atoms with Crippen molar-refractivity contribution >= 4 is 17.4 Å². The topological polar surface area (TPSA) is 101 Å². The third kappa shape index (κ3) is 3.85. The van der Waals surface area contributed by atoms with Crippen molar-refractivity contribution in [2.45, 2.75) is 0 Å². The number of aliphatic hydroxyl groups is 1. The first-order valence-electron chi connectivity index (χ1n) is 6.56. The molecule has 116 valence electrons. The van der Waals surface area contributed by atoms with Gasteiger partial charge in [-0.25, -0.2) is 4.79 Å². The van der Waals surface area contributed by atoms with Crippen molar-refractivity contribution in [3.8, 4) is 0 Å². The number of nitrogens with zero attached hydrogens (tertiary/aromatic N) is 3. The van der Waals surface area contributed by atoms with Crippen LogP contribution >= 0.6 is 0 Å². The molecule has 0 atom stereocenters. The number of carbonyl (C=O) groups excluding carboxylic acids is 2. The van der Waals surface area contributed by atoms with Gasteiger partial charge in [0.1, 0.15) is 17.6 Å². The fourth-order valence-corrected chi connectivity index (χ4v) is 1.71.